The minimum atomic E-state index is -0.497. The zero-order chi connectivity index (χ0) is 41.7. The van der Waals surface area contributed by atoms with Gasteiger partial charge in [0, 0.05) is 34.0 Å². The average molecular weight is 803 g/mol. The van der Waals surface area contributed by atoms with Crippen LogP contribution in [0.4, 0.5) is 17.1 Å². The Balaban J connectivity index is 0.956. The summed E-state index contributed by atoms with van der Waals surface area (Å²) in [4.78, 5) is 2.44. The van der Waals surface area contributed by atoms with Crippen molar-refractivity contribution in [1.29, 1.82) is 0 Å². The van der Waals surface area contributed by atoms with Gasteiger partial charge in [-0.05, 0) is 122 Å². The molecule has 0 fully saturated rings. The third kappa shape index (κ3) is 6.02. The molecule has 12 rings (SSSR count). The molecule has 296 valence electrons. The van der Waals surface area contributed by atoms with Gasteiger partial charge in [0.05, 0.1) is 16.6 Å². The molecule has 1 aliphatic rings. The maximum Gasteiger partial charge on any atom is 0.0714 e. The van der Waals surface area contributed by atoms with E-state index in [1.807, 2.05) is 0 Å². The Kier molecular flexibility index (Phi) is 8.76. The predicted molar refractivity (Wildman–Crippen MR) is 264 cm³/mol. The van der Waals surface area contributed by atoms with Crippen LogP contribution in [-0.2, 0) is 5.41 Å². The first kappa shape index (κ1) is 36.6. The summed E-state index contributed by atoms with van der Waals surface area (Å²) >= 11 is 0. The molecule has 0 saturated heterocycles. The molecular weight excluding hydrogens is 761 g/mol. The Morgan fingerprint density at radius 2 is 0.921 bits per heavy atom. The van der Waals surface area contributed by atoms with Gasteiger partial charge in [-0.25, -0.2) is 0 Å². The molecule has 0 unspecified atom stereocenters. The fourth-order valence-corrected chi connectivity index (χ4v) is 10.2. The molecule has 1 heterocycles. The van der Waals surface area contributed by atoms with E-state index in [-0.39, 0.29) is 0 Å². The van der Waals surface area contributed by atoms with Crippen LogP contribution in [0.1, 0.15) is 22.3 Å². The fraction of sp³-hybridized carbons (Fsp3) is 0.0164. The summed E-state index contributed by atoms with van der Waals surface area (Å²) in [5, 5.41) is 3.64. The van der Waals surface area contributed by atoms with Gasteiger partial charge in [0.2, 0.25) is 0 Å². The van der Waals surface area contributed by atoms with Crippen LogP contribution in [0.25, 0.3) is 60.7 Å². The summed E-state index contributed by atoms with van der Waals surface area (Å²) in [5.41, 5.74) is 17.7. The van der Waals surface area contributed by atoms with E-state index >= 15 is 0 Å². The molecule has 0 bridgehead atoms. The van der Waals surface area contributed by atoms with Crippen molar-refractivity contribution in [1.82, 2.24) is 4.57 Å². The Morgan fingerprint density at radius 1 is 0.349 bits per heavy atom. The molecule has 0 atom stereocenters. The number of hydrogen-bond donors (Lipinski definition) is 0. The number of nitrogens with zero attached hydrogens (tertiary/aromatic N) is 2. The maximum atomic E-state index is 2.46. The normalized spacial score (nSPS) is 12.6. The smallest absolute Gasteiger partial charge is 0.0714 e. The van der Waals surface area contributed by atoms with E-state index in [0.717, 1.165) is 22.7 Å². The lowest BCUT2D eigenvalue weighted by Gasteiger charge is -2.35. The number of anilines is 3. The lowest BCUT2D eigenvalue weighted by molar-refractivity contribution is 0.768. The van der Waals surface area contributed by atoms with E-state index in [9.17, 15) is 0 Å². The molecule has 10 aromatic carbocycles. The van der Waals surface area contributed by atoms with Crippen LogP contribution in [0.2, 0.25) is 0 Å². The van der Waals surface area contributed by atoms with Crippen LogP contribution in [0.5, 0.6) is 0 Å². The lowest BCUT2D eigenvalue weighted by atomic mass is 9.67. The fourth-order valence-electron chi connectivity index (χ4n) is 10.2. The molecule has 0 spiro atoms. The van der Waals surface area contributed by atoms with Crippen molar-refractivity contribution in [2.45, 2.75) is 5.41 Å². The second kappa shape index (κ2) is 15.1. The van der Waals surface area contributed by atoms with E-state index in [4.69, 9.17) is 0 Å². The molecule has 63 heavy (non-hydrogen) atoms. The van der Waals surface area contributed by atoms with E-state index in [1.54, 1.807) is 0 Å². The van der Waals surface area contributed by atoms with Crippen molar-refractivity contribution < 1.29 is 0 Å². The molecule has 0 saturated carbocycles. The summed E-state index contributed by atoms with van der Waals surface area (Å²) in [7, 11) is 0. The molecule has 11 aromatic rings. The number of aromatic nitrogens is 1. The molecule has 0 amide bonds. The topological polar surface area (TPSA) is 8.17 Å². The Morgan fingerprint density at radius 3 is 1.67 bits per heavy atom. The molecule has 0 N–H and O–H groups in total. The van der Waals surface area contributed by atoms with Gasteiger partial charge in [0.25, 0.3) is 0 Å². The summed E-state index contributed by atoms with van der Waals surface area (Å²) < 4.78 is 2.28. The van der Waals surface area contributed by atoms with Crippen molar-refractivity contribution in [3.63, 3.8) is 0 Å². The van der Waals surface area contributed by atoms with Crippen molar-refractivity contribution in [2.75, 3.05) is 4.90 Å². The highest BCUT2D eigenvalue weighted by Crippen LogP contribution is 2.57. The van der Waals surface area contributed by atoms with Crippen molar-refractivity contribution in [3.8, 4) is 39.1 Å². The standard InChI is InChI=1S/C61H42N2/c1-4-15-43(16-5-1)47-31-38-59-48(41-47)39-40-62(59)51-32-27-44(28-33-51)45-29-34-52(35-30-45)63(60-26-14-18-46-17-10-11-23-54(46)60)53-36-37-56-55-24-12-13-25-57(55)61(58(56)42-53,49-19-6-2-7-20-49)50-21-8-3-9-22-50/h1-42H. The van der Waals surface area contributed by atoms with Gasteiger partial charge in [-0.1, -0.05) is 188 Å². The molecular formula is C61H42N2. The summed E-state index contributed by atoms with van der Waals surface area (Å²) in [6.07, 6.45) is 2.17. The van der Waals surface area contributed by atoms with E-state index in [0.29, 0.717) is 0 Å². The van der Waals surface area contributed by atoms with Gasteiger partial charge in [0.1, 0.15) is 0 Å². The van der Waals surface area contributed by atoms with Crippen LogP contribution in [0.3, 0.4) is 0 Å². The summed E-state index contributed by atoms with van der Waals surface area (Å²) in [6, 6.07) is 91.1. The second-order valence-electron chi connectivity index (χ2n) is 16.5. The molecule has 1 aliphatic carbocycles. The Labute approximate surface area is 368 Å². The highest BCUT2D eigenvalue weighted by Gasteiger charge is 2.46. The predicted octanol–water partition coefficient (Wildman–Crippen LogP) is 16.0. The molecule has 1 aromatic heterocycles. The summed E-state index contributed by atoms with van der Waals surface area (Å²) in [5.74, 6) is 0. The second-order valence-corrected chi connectivity index (χ2v) is 16.5. The number of benzene rings is 10. The van der Waals surface area contributed by atoms with Gasteiger partial charge in [-0.15, -0.1) is 0 Å². The highest BCUT2D eigenvalue weighted by atomic mass is 15.1. The van der Waals surface area contributed by atoms with Crippen molar-refractivity contribution in [3.05, 3.63) is 277 Å². The molecule has 2 heteroatoms. The molecule has 0 radical (unpaired) electrons. The minimum absolute atomic E-state index is 0.497. The van der Waals surface area contributed by atoms with Crippen LogP contribution >= 0.6 is 0 Å². The minimum Gasteiger partial charge on any atom is -0.317 e. The molecule has 0 aliphatic heterocycles. The van der Waals surface area contributed by atoms with Crippen molar-refractivity contribution in [2.24, 2.45) is 0 Å². The Bertz CT molecular complexity index is 3380. The zero-order valence-electron chi connectivity index (χ0n) is 34.6. The average Bonchev–Trinajstić information content (AvgIpc) is 3.92. The first-order valence-electron chi connectivity index (χ1n) is 21.7. The van der Waals surface area contributed by atoms with E-state index in [1.165, 1.54) is 77.3 Å². The number of hydrogen-bond acceptors (Lipinski definition) is 1. The van der Waals surface area contributed by atoms with Crippen LogP contribution in [0, 0.1) is 0 Å². The molecule has 2 nitrogen and oxygen atoms in total. The quantitative estimate of drug-likeness (QED) is 0.149. The van der Waals surface area contributed by atoms with Gasteiger partial charge >= 0.3 is 0 Å². The monoisotopic (exact) mass is 802 g/mol. The number of rotatable bonds is 8. The Hall–Kier alpha value is -8.20. The van der Waals surface area contributed by atoms with Gasteiger partial charge in [0.15, 0.2) is 0 Å². The van der Waals surface area contributed by atoms with Gasteiger partial charge < -0.3 is 9.47 Å². The maximum absolute atomic E-state index is 2.46. The first-order chi connectivity index (χ1) is 31.2. The van der Waals surface area contributed by atoms with Crippen LogP contribution in [0.15, 0.2) is 255 Å². The largest absolute Gasteiger partial charge is 0.317 e. The SMILES string of the molecule is c1ccc(-c2ccc3c(ccn3-c3ccc(-c4ccc(N(c5ccc6c(c5)C(c5ccccc5)(c5ccccc5)c5ccccc5-6)c5cccc6ccccc56)cc4)cc3)c2)cc1. The van der Waals surface area contributed by atoms with Crippen molar-refractivity contribution >= 4 is 38.7 Å². The van der Waals surface area contributed by atoms with Gasteiger partial charge in [-0.3, -0.25) is 0 Å². The van der Waals surface area contributed by atoms with Crippen LogP contribution < -0.4 is 4.90 Å². The number of fused-ring (bicyclic) bond motifs is 5. The van der Waals surface area contributed by atoms with Gasteiger partial charge in [-0.2, -0.15) is 0 Å². The summed E-state index contributed by atoms with van der Waals surface area (Å²) in [6.45, 7) is 0. The highest BCUT2D eigenvalue weighted by molar-refractivity contribution is 6.00. The zero-order valence-corrected chi connectivity index (χ0v) is 34.6. The lowest BCUT2D eigenvalue weighted by Crippen LogP contribution is -2.28. The third-order valence-corrected chi connectivity index (χ3v) is 13.1. The van der Waals surface area contributed by atoms with E-state index in [2.05, 4.69) is 264 Å². The first-order valence-corrected chi connectivity index (χ1v) is 21.7. The van der Waals surface area contributed by atoms with E-state index < -0.39 is 5.41 Å². The van der Waals surface area contributed by atoms with Crippen LogP contribution in [-0.4, -0.2) is 4.57 Å². The third-order valence-electron chi connectivity index (χ3n) is 13.1.